The number of hydrogen-bond donors (Lipinski definition) is 2. The number of rotatable bonds is 6. The molecule has 0 saturated heterocycles. The van der Waals surface area contributed by atoms with Gasteiger partial charge < -0.3 is 15.2 Å². The number of carbonyl (C=O) groups is 1. The molecule has 0 bridgehead atoms. The highest BCUT2D eigenvalue weighted by atomic mass is 16.5. The number of carboxylic acid groups (broad SMARTS) is 1. The molecule has 2 rings (SSSR count). The van der Waals surface area contributed by atoms with E-state index in [1.54, 1.807) is 6.07 Å². The third kappa shape index (κ3) is 4.88. The van der Waals surface area contributed by atoms with Crippen LogP contribution in [0.2, 0.25) is 0 Å². The molecule has 6 nitrogen and oxygen atoms in total. The second-order valence-electron chi connectivity index (χ2n) is 5.84. The maximum atomic E-state index is 10.9. The normalized spacial score (nSPS) is 22.0. The van der Waals surface area contributed by atoms with Crippen molar-refractivity contribution in [2.24, 2.45) is 11.8 Å². The summed E-state index contributed by atoms with van der Waals surface area (Å²) in [6, 6.07) is 1.79. The van der Waals surface area contributed by atoms with E-state index in [0.717, 1.165) is 38.0 Å². The Kier molecular flexibility index (Phi) is 5.36. The van der Waals surface area contributed by atoms with Gasteiger partial charge in [0.05, 0.1) is 12.0 Å². The van der Waals surface area contributed by atoms with Crippen LogP contribution < -0.4 is 10.1 Å². The predicted octanol–water partition coefficient (Wildman–Crippen LogP) is 2.57. The van der Waals surface area contributed by atoms with Crippen LogP contribution in [-0.2, 0) is 4.79 Å². The highest BCUT2D eigenvalue weighted by Gasteiger charge is 2.25. The number of aliphatic carboxylic acids is 1. The molecule has 1 aromatic heterocycles. The topological polar surface area (TPSA) is 84.3 Å². The molecule has 21 heavy (non-hydrogen) atoms. The summed E-state index contributed by atoms with van der Waals surface area (Å²) in [6.07, 6.45) is 5.01. The van der Waals surface area contributed by atoms with Crippen molar-refractivity contribution >= 4 is 11.8 Å². The van der Waals surface area contributed by atoms with Crippen LogP contribution in [0.15, 0.2) is 12.4 Å². The van der Waals surface area contributed by atoms with E-state index < -0.39 is 5.97 Å². The Morgan fingerprint density at radius 3 is 2.71 bits per heavy atom. The molecule has 116 valence electrons. The van der Waals surface area contributed by atoms with Gasteiger partial charge in [-0.25, -0.2) is 9.97 Å². The summed E-state index contributed by atoms with van der Waals surface area (Å²) in [5, 5.41) is 12.3. The second kappa shape index (κ2) is 7.24. The van der Waals surface area contributed by atoms with E-state index in [-0.39, 0.29) is 12.0 Å². The lowest BCUT2D eigenvalue weighted by Gasteiger charge is -2.26. The largest absolute Gasteiger partial charge is 0.481 e. The Morgan fingerprint density at radius 2 is 2.10 bits per heavy atom. The molecule has 0 aliphatic heterocycles. The van der Waals surface area contributed by atoms with Crippen LogP contribution in [0.1, 0.15) is 39.5 Å². The number of nitrogens with one attached hydrogen (secondary N) is 1. The molecule has 1 aliphatic carbocycles. The van der Waals surface area contributed by atoms with Crippen LogP contribution in [0, 0.1) is 11.8 Å². The Balaban J connectivity index is 1.80. The van der Waals surface area contributed by atoms with Gasteiger partial charge in [0, 0.05) is 12.6 Å². The van der Waals surface area contributed by atoms with Crippen molar-refractivity contribution in [1.29, 1.82) is 0 Å². The van der Waals surface area contributed by atoms with Crippen LogP contribution in [0.25, 0.3) is 0 Å². The molecule has 1 aromatic rings. The summed E-state index contributed by atoms with van der Waals surface area (Å²) in [4.78, 5) is 19.2. The molecule has 0 atom stereocenters. The van der Waals surface area contributed by atoms with Gasteiger partial charge in [0.15, 0.2) is 0 Å². The number of aromatic nitrogens is 2. The van der Waals surface area contributed by atoms with Crippen LogP contribution in [-0.4, -0.2) is 33.7 Å². The Hall–Kier alpha value is -1.85. The summed E-state index contributed by atoms with van der Waals surface area (Å²) in [7, 11) is 0. The number of anilines is 1. The highest BCUT2D eigenvalue weighted by molar-refractivity contribution is 5.70. The van der Waals surface area contributed by atoms with Crippen LogP contribution in [0.3, 0.4) is 0 Å². The third-order valence-corrected chi connectivity index (χ3v) is 3.77. The van der Waals surface area contributed by atoms with E-state index >= 15 is 0 Å². The van der Waals surface area contributed by atoms with Crippen molar-refractivity contribution in [2.75, 3.05) is 11.9 Å². The van der Waals surface area contributed by atoms with E-state index in [0.29, 0.717) is 11.8 Å². The first kappa shape index (κ1) is 15.5. The van der Waals surface area contributed by atoms with Crippen molar-refractivity contribution in [3.63, 3.8) is 0 Å². The summed E-state index contributed by atoms with van der Waals surface area (Å²) >= 11 is 0. The van der Waals surface area contributed by atoms with Gasteiger partial charge >= 0.3 is 5.97 Å². The molecule has 0 unspecified atom stereocenters. The predicted molar refractivity (Wildman–Crippen MR) is 79.4 cm³/mol. The van der Waals surface area contributed by atoms with Crippen LogP contribution >= 0.6 is 0 Å². The van der Waals surface area contributed by atoms with Gasteiger partial charge in [-0.3, -0.25) is 4.79 Å². The zero-order valence-corrected chi connectivity index (χ0v) is 12.6. The molecular formula is C15H23N3O3. The Labute approximate surface area is 124 Å². The van der Waals surface area contributed by atoms with Crippen LogP contribution in [0.5, 0.6) is 5.88 Å². The Bertz CT molecular complexity index is 471. The lowest BCUT2D eigenvalue weighted by atomic mass is 9.82. The minimum atomic E-state index is -0.660. The van der Waals surface area contributed by atoms with E-state index in [2.05, 4.69) is 15.3 Å². The third-order valence-electron chi connectivity index (χ3n) is 3.77. The lowest BCUT2D eigenvalue weighted by Crippen LogP contribution is -2.25. The fraction of sp³-hybridized carbons (Fsp3) is 0.667. The summed E-state index contributed by atoms with van der Waals surface area (Å²) in [6.45, 7) is 4.72. The summed E-state index contributed by atoms with van der Waals surface area (Å²) in [5.74, 6) is 1.00. The molecule has 0 aromatic carbocycles. The fourth-order valence-electron chi connectivity index (χ4n) is 2.60. The molecule has 1 saturated carbocycles. The van der Waals surface area contributed by atoms with Gasteiger partial charge in [0.25, 0.3) is 0 Å². The summed E-state index contributed by atoms with van der Waals surface area (Å²) in [5.41, 5.74) is 0. The Morgan fingerprint density at radius 1 is 1.38 bits per heavy atom. The minimum Gasteiger partial charge on any atom is -0.481 e. The van der Waals surface area contributed by atoms with E-state index in [4.69, 9.17) is 9.84 Å². The number of carboxylic acids is 1. The first-order chi connectivity index (χ1) is 10.0. The van der Waals surface area contributed by atoms with Crippen LogP contribution in [0.4, 0.5) is 5.82 Å². The van der Waals surface area contributed by atoms with Crippen molar-refractivity contribution in [2.45, 2.75) is 45.6 Å². The van der Waals surface area contributed by atoms with Gasteiger partial charge in [-0.2, -0.15) is 0 Å². The van der Waals surface area contributed by atoms with Crippen molar-refractivity contribution < 1.29 is 14.6 Å². The smallest absolute Gasteiger partial charge is 0.306 e. The average Bonchev–Trinajstić information content (AvgIpc) is 2.45. The maximum Gasteiger partial charge on any atom is 0.306 e. The highest BCUT2D eigenvalue weighted by Crippen LogP contribution is 2.29. The molecule has 1 aliphatic rings. The summed E-state index contributed by atoms with van der Waals surface area (Å²) < 4.78 is 5.53. The van der Waals surface area contributed by atoms with Gasteiger partial charge in [0.1, 0.15) is 12.1 Å². The lowest BCUT2D eigenvalue weighted by molar-refractivity contribution is -0.143. The second-order valence-corrected chi connectivity index (χ2v) is 5.84. The molecule has 1 heterocycles. The molecule has 1 fully saturated rings. The number of hydrogen-bond acceptors (Lipinski definition) is 5. The average molecular weight is 293 g/mol. The van der Waals surface area contributed by atoms with Gasteiger partial charge in [-0.15, -0.1) is 0 Å². The maximum absolute atomic E-state index is 10.9. The first-order valence-electron chi connectivity index (χ1n) is 7.50. The van der Waals surface area contributed by atoms with Gasteiger partial charge in [0.2, 0.25) is 5.88 Å². The zero-order valence-electron chi connectivity index (χ0n) is 12.6. The standard InChI is InChI=1S/C15H23N3O3/c1-10(2)21-14-7-13(17-9-18-14)16-8-11-3-5-12(6-4-11)15(19)20/h7,9-12H,3-6,8H2,1-2H3,(H,19,20)(H,16,17,18). The van der Waals surface area contributed by atoms with E-state index in [9.17, 15) is 4.79 Å². The molecule has 0 spiro atoms. The monoisotopic (exact) mass is 293 g/mol. The number of ether oxygens (including phenoxy) is 1. The minimum absolute atomic E-state index is 0.0825. The van der Waals surface area contributed by atoms with Gasteiger partial charge in [-0.1, -0.05) is 0 Å². The zero-order chi connectivity index (χ0) is 15.2. The molecule has 2 N–H and O–H groups in total. The SMILES string of the molecule is CC(C)Oc1cc(NCC2CCC(C(=O)O)CC2)ncn1. The first-order valence-corrected chi connectivity index (χ1v) is 7.50. The number of nitrogens with zero attached hydrogens (tertiary/aromatic N) is 2. The fourth-order valence-corrected chi connectivity index (χ4v) is 2.60. The molecule has 0 radical (unpaired) electrons. The van der Waals surface area contributed by atoms with E-state index in [1.165, 1.54) is 6.33 Å². The van der Waals surface area contributed by atoms with Crippen molar-refractivity contribution in [3.05, 3.63) is 12.4 Å². The van der Waals surface area contributed by atoms with Gasteiger partial charge in [-0.05, 0) is 45.4 Å². The molecule has 6 heteroatoms. The quantitative estimate of drug-likeness (QED) is 0.838. The molecular weight excluding hydrogens is 270 g/mol. The van der Waals surface area contributed by atoms with E-state index in [1.807, 2.05) is 13.8 Å². The van der Waals surface area contributed by atoms with Crippen molar-refractivity contribution in [1.82, 2.24) is 9.97 Å². The van der Waals surface area contributed by atoms with Crippen molar-refractivity contribution in [3.8, 4) is 5.88 Å². The molecule has 0 amide bonds.